The number of ketones is 1. The number of ether oxygens (including phenoxy) is 2. The zero-order chi connectivity index (χ0) is 23.6. The van der Waals surface area contributed by atoms with Gasteiger partial charge in [-0.2, -0.15) is 0 Å². The van der Waals surface area contributed by atoms with E-state index in [4.69, 9.17) is 21.1 Å². The molecule has 1 fully saturated rings. The zero-order valence-electron chi connectivity index (χ0n) is 18.3. The molecule has 170 valence electrons. The first-order chi connectivity index (χ1) is 15.2. The number of aromatic hydroxyl groups is 1. The SMILES string of the molecule is COc1cccc(C2C(=C(O)c3cc(Cl)ccc3O)C(=O)C(=O)N2CCN(C)C)c1OC. The predicted molar refractivity (Wildman–Crippen MR) is 120 cm³/mol. The van der Waals surface area contributed by atoms with Crippen molar-refractivity contribution < 1.29 is 29.3 Å². The number of carbonyl (C=O) groups excluding carboxylic acids is 2. The number of aliphatic hydroxyl groups is 1. The topological polar surface area (TPSA) is 99.5 Å². The zero-order valence-corrected chi connectivity index (χ0v) is 19.0. The lowest BCUT2D eigenvalue weighted by Crippen LogP contribution is -2.35. The number of carbonyl (C=O) groups is 2. The van der Waals surface area contributed by atoms with Gasteiger partial charge >= 0.3 is 0 Å². The highest BCUT2D eigenvalue weighted by Gasteiger charge is 2.47. The number of para-hydroxylation sites is 1. The maximum absolute atomic E-state index is 13.1. The fraction of sp³-hybridized carbons (Fsp3) is 0.304. The lowest BCUT2D eigenvalue weighted by atomic mass is 9.94. The number of amides is 1. The molecule has 1 amide bonds. The smallest absolute Gasteiger partial charge is 0.295 e. The van der Waals surface area contributed by atoms with Gasteiger partial charge in [0.2, 0.25) is 0 Å². The molecule has 0 aliphatic carbocycles. The van der Waals surface area contributed by atoms with Crippen molar-refractivity contribution in [3.8, 4) is 17.2 Å². The number of phenolic OH excluding ortho intramolecular Hbond substituents is 1. The molecule has 1 saturated heterocycles. The van der Waals surface area contributed by atoms with E-state index in [1.54, 1.807) is 18.2 Å². The number of likely N-dealkylation sites (tertiary alicyclic amines) is 1. The summed E-state index contributed by atoms with van der Waals surface area (Å²) in [6.45, 7) is 0.708. The van der Waals surface area contributed by atoms with Crippen LogP contribution < -0.4 is 9.47 Å². The van der Waals surface area contributed by atoms with Gasteiger partial charge in [-0.25, -0.2) is 0 Å². The average Bonchev–Trinajstić information content (AvgIpc) is 3.02. The van der Waals surface area contributed by atoms with Crippen molar-refractivity contribution in [2.45, 2.75) is 6.04 Å². The first-order valence-electron chi connectivity index (χ1n) is 9.84. The number of hydrogen-bond donors (Lipinski definition) is 2. The number of nitrogens with zero attached hydrogens (tertiary/aromatic N) is 2. The first-order valence-corrected chi connectivity index (χ1v) is 10.2. The van der Waals surface area contributed by atoms with Gasteiger partial charge < -0.3 is 29.5 Å². The summed E-state index contributed by atoms with van der Waals surface area (Å²) in [6, 6.07) is 8.23. The van der Waals surface area contributed by atoms with Crippen LogP contribution in [0.4, 0.5) is 0 Å². The lowest BCUT2D eigenvalue weighted by Gasteiger charge is -2.28. The Morgan fingerprint density at radius 3 is 2.50 bits per heavy atom. The molecule has 0 radical (unpaired) electrons. The van der Waals surface area contributed by atoms with Gasteiger partial charge in [-0.3, -0.25) is 9.59 Å². The minimum Gasteiger partial charge on any atom is -0.507 e. The van der Waals surface area contributed by atoms with Crippen LogP contribution in [-0.2, 0) is 9.59 Å². The van der Waals surface area contributed by atoms with Gasteiger partial charge in [0.05, 0.1) is 31.4 Å². The van der Waals surface area contributed by atoms with E-state index < -0.39 is 23.5 Å². The standard InChI is InChI=1S/C23H25ClN2O6/c1-25(2)10-11-26-19(14-6-5-7-17(31-3)22(14)32-4)18(21(29)23(26)30)20(28)15-12-13(24)8-9-16(15)27/h5-9,12,19,27-28H,10-11H2,1-4H3. The number of aliphatic hydroxyl groups excluding tert-OH is 1. The van der Waals surface area contributed by atoms with Gasteiger partial charge in [0.25, 0.3) is 11.7 Å². The van der Waals surface area contributed by atoms with E-state index >= 15 is 0 Å². The molecule has 0 spiro atoms. The van der Waals surface area contributed by atoms with Crippen molar-refractivity contribution in [3.05, 3.63) is 58.1 Å². The molecule has 1 heterocycles. The van der Waals surface area contributed by atoms with Gasteiger partial charge in [-0.1, -0.05) is 23.7 Å². The third-order valence-electron chi connectivity index (χ3n) is 5.27. The van der Waals surface area contributed by atoms with Crippen LogP contribution in [0.1, 0.15) is 17.2 Å². The Hall–Kier alpha value is -3.23. The van der Waals surface area contributed by atoms with E-state index in [0.29, 0.717) is 23.6 Å². The number of halogens is 1. The molecular weight excluding hydrogens is 436 g/mol. The van der Waals surface area contributed by atoms with Gasteiger partial charge in [0, 0.05) is 23.7 Å². The molecule has 2 aromatic rings. The monoisotopic (exact) mass is 460 g/mol. The minimum absolute atomic E-state index is 0.0463. The van der Waals surface area contributed by atoms with Crippen molar-refractivity contribution in [2.24, 2.45) is 0 Å². The van der Waals surface area contributed by atoms with Crippen molar-refractivity contribution in [1.29, 1.82) is 0 Å². The largest absolute Gasteiger partial charge is 0.507 e. The summed E-state index contributed by atoms with van der Waals surface area (Å²) in [4.78, 5) is 29.4. The third kappa shape index (κ3) is 4.24. The van der Waals surface area contributed by atoms with E-state index in [9.17, 15) is 19.8 Å². The van der Waals surface area contributed by atoms with Crippen LogP contribution in [-0.4, -0.2) is 73.1 Å². The fourth-order valence-electron chi connectivity index (χ4n) is 3.71. The van der Waals surface area contributed by atoms with Crippen LogP contribution in [0.5, 0.6) is 17.2 Å². The average molecular weight is 461 g/mol. The summed E-state index contributed by atoms with van der Waals surface area (Å²) in [5, 5.41) is 21.6. The Morgan fingerprint density at radius 2 is 1.88 bits per heavy atom. The van der Waals surface area contributed by atoms with E-state index in [-0.39, 0.29) is 28.5 Å². The maximum atomic E-state index is 13.1. The maximum Gasteiger partial charge on any atom is 0.295 e. The Morgan fingerprint density at radius 1 is 1.16 bits per heavy atom. The summed E-state index contributed by atoms with van der Waals surface area (Å²) in [5.74, 6) is -1.68. The summed E-state index contributed by atoms with van der Waals surface area (Å²) < 4.78 is 10.9. The van der Waals surface area contributed by atoms with Gasteiger partial charge in [-0.15, -0.1) is 0 Å². The Kier molecular flexibility index (Phi) is 6.96. The molecule has 3 rings (SSSR count). The molecule has 32 heavy (non-hydrogen) atoms. The molecule has 8 nitrogen and oxygen atoms in total. The first kappa shape index (κ1) is 23.4. The highest BCUT2D eigenvalue weighted by atomic mass is 35.5. The van der Waals surface area contributed by atoms with E-state index in [1.807, 2.05) is 19.0 Å². The number of hydrogen-bond acceptors (Lipinski definition) is 7. The van der Waals surface area contributed by atoms with E-state index in [0.717, 1.165) is 0 Å². The molecule has 1 atom stereocenters. The van der Waals surface area contributed by atoms with E-state index in [2.05, 4.69) is 0 Å². The van der Waals surface area contributed by atoms with Crippen molar-refractivity contribution in [1.82, 2.24) is 9.80 Å². The fourth-order valence-corrected chi connectivity index (χ4v) is 3.88. The molecule has 0 saturated carbocycles. The van der Waals surface area contributed by atoms with Crippen LogP contribution in [0.15, 0.2) is 42.0 Å². The Balaban J connectivity index is 2.29. The number of likely N-dealkylation sites (N-methyl/N-ethyl adjacent to an activating group) is 1. The molecular formula is C23H25ClN2O6. The molecule has 0 bridgehead atoms. The highest BCUT2D eigenvalue weighted by Crippen LogP contribution is 2.46. The van der Waals surface area contributed by atoms with E-state index in [1.165, 1.54) is 37.3 Å². The quantitative estimate of drug-likeness (QED) is 0.372. The number of rotatable bonds is 7. The highest BCUT2D eigenvalue weighted by molar-refractivity contribution is 6.46. The van der Waals surface area contributed by atoms with Gasteiger partial charge in [0.1, 0.15) is 11.5 Å². The molecule has 0 aromatic heterocycles. The lowest BCUT2D eigenvalue weighted by molar-refractivity contribution is -0.140. The Labute approximate surface area is 191 Å². The van der Waals surface area contributed by atoms with Crippen molar-refractivity contribution >= 4 is 29.1 Å². The summed E-state index contributed by atoms with van der Waals surface area (Å²) in [6.07, 6.45) is 0. The second-order valence-corrected chi connectivity index (χ2v) is 7.98. The molecule has 1 aliphatic rings. The number of phenols is 1. The Bertz CT molecular complexity index is 1080. The summed E-state index contributed by atoms with van der Waals surface area (Å²) in [5.41, 5.74) is 0.251. The number of benzene rings is 2. The summed E-state index contributed by atoms with van der Waals surface area (Å²) >= 11 is 6.04. The van der Waals surface area contributed by atoms with Gasteiger partial charge in [0.15, 0.2) is 11.5 Å². The molecule has 2 aromatic carbocycles. The molecule has 1 unspecified atom stereocenters. The van der Waals surface area contributed by atoms with Gasteiger partial charge in [-0.05, 0) is 38.4 Å². The predicted octanol–water partition coefficient (Wildman–Crippen LogP) is 3.05. The second-order valence-electron chi connectivity index (χ2n) is 7.54. The van der Waals surface area contributed by atoms with Crippen LogP contribution in [0, 0.1) is 0 Å². The van der Waals surface area contributed by atoms with Crippen LogP contribution in [0.25, 0.3) is 5.76 Å². The minimum atomic E-state index is -0.960. The molecule has 9 heteroatoms. The van der Waals surface area contributed by atoms with Crippen molar-refractivity contribution in [2.75, 3.05) is 41.4 Å². The molecule has 2 N–H and O–H groups in total. The summed E-state index contributed by atoms with van der Waals surface area (Å²) in [7, 11) is 6.63. The van der Waals surface area contributed by atoms with Crippen molar-refractivity contribution in [3.63, 3.8) is 0 Å². The van der Waals surface area contributed by atoms with Crippen LogP contribution >= 0.6 is 11.6 Å². The number of Topliss-reactive ketones (excluding diaryl/α,β-unsaturated/α-hetero) is 1. The normalized spacial score (nSPS) is 17.8. The second kappa shape index (κ2) is 9.50. The third-order valence-corrected chi connectivity index (χ3v) is 5.50. The van der Waals surface area contributed by atoms with Crippen LogP contribution in [0.2, 0.25) is 5.02 Å². The number of methoxy groups -OCH3 is 2. The van der Waals surface area contributed by atoms with Crippen LogP contribution in [0.3, 0.4) is 0 Å². The molecule has 1 aliphatic heterocycles.